The summed E-state index contributed by atoms with van der Waals surface area (Å²) >= 11 is 0. The molecule has 1 amide bonds. The Morgan fingerprint density at radius 1 is 1.31 bits per heavy atom. The molecule has 1 atom stereocenters. The number of hydrogen-bond donors (Lipinski definition) is 1. The second kappa shape index (κ2) is 6.80. The standard InChI is InChI=1S/C20H21N3O3/c1-13-6-5-8-16-19(13)22-18-12-26-11-14(23(16)18)10-21-20(24)15-7-3-4-9-17(15)25-2/h3-9,14H,10-12H2,1-2H3,(H,21,24)/t14-/m0/s1. The van der Waals surface area contributed by atoms with Crippen molar-refractivity contribution in [2.24, 2.45) is 0 Å². The van der Waals surface area contributed by atoms with Crippen LogP contribution in [0, 0.1) is 6.92 Å². The second-order valence-corrected chi connectivity index (χ2v) is 6.42. The van der Waals surface area contributed by atoms with Gasteiger partial charge in [0, 0.05) is 6.54 Å². The van der Waals surface area contributed by atoms with E-state index in [1.54, 1.807) is 19.2 Å². The van der Waals surface area contributed by atoms with E-state index in [0.29, 0.717) is 31.1 Å². The summed E-state index contributed by atoms with van der Waals surface area (Å²) in [7, 11) is 1.56. The summed E-state index contributed by atoms with van der Waals surface area (Å²) in [5.74, 6) is 1.31. The summed E-state index contributed by atoms with van der Waals surface area (Å²) in [5.41, 5.74) is 3.74. The van der Waals surface area contributed by atoms with Gasteiger partial charge in [0.15, 0.2) is 0 Å². The Hall–Kier alpha value is -2.86. The number of para-hydroxylation sites is 2. The average molecular weight is 351 g/mol. The molecule has 0 saturated carbocycles. The summed E-state index contributed by atoms with van der Waals surface area (Å²) < 4.78 is 13.2. The third-order valence-electron chi connectivity index (χ3n) is 4.75. The van der Waals surface area contributed by atoms with Crippen LogP contribution >= 0.6 is 0 Å². The molecule has 2 aromatic carbocycles. The Kier molecular flexibility index (Phi) is 4.34. The average Bonchev–Trinajstić information content (AvgIpc) is 3.07. The van der Waals surface area contributed by atoms with Gasteiger partial charge < -0.3 is 19.4 Å². The fourth-order valence-corrected chi connectivity index (χ4v) is 3.46. The Bertz CT molecular complexity index is 964. The first-order valence-corrected chi connectivity index (χ1v) is 8.64. The number of benzene rings is 2. The van der Waals surface area contributed by atoms with E-state index in [9.17, 15) is 4.79 Å². The van der Waals surface area contributed by atoms with E-state index in [0.717, 1.165) is 22.4 Å². The number of aromatic nitrogens is 2. The number of ether oxygens (including phenoxy) is 2. The third-order valence-corrected chi connectivity index (χ3v) is 4.75. The van der Waals surface area contributed by atoms with Gasteiger partial charge in [0.25, 0.3) is 5.91 Å². The van der Waals surface area contributed by atoms with E-state index in [-0.39, 0.29) is 11.9 Å². The Morgan fingerprint density at radius 2 is 2.15 bits per heavy atom. The van der Waals surface area contributed by atoms with Crippen molar-refractivity contribution in [2.75, 3.05) is 20.3 Å². The maximum atomic E-state index is 12.6. The molecule has 134 valence electrons. The highest BCUT2D eigenvalue weighted by molar-refractivity contribution is 5.96. The maximum Gasteiger partial charge on any atom is 0.255 e. The number of fused-ring (bicyclic) bond motifs is 3. The Morgan fingerprint density at radius 3 is 3.00 bits per heavy atom. The summed E-state index contributed by atoms with van der Waals surface area (Å²) in [4.78, 5) is 17.3. The molecule has 0 unspecified atom stereocenters. The molecular weight excluding hydrogens is 330 g/mol. The van der Waals surface area contributed by atoms with Gasteiger partial charge >= 0.3 is 0 Å². The lowest BCUT2D eigenvalue weighted by Crippen LogP contribution is -2.35. The smallest absolute Gasteiger partial charge is 0.255 e. The molecule has 6 heteroatoms. The molecule has 4 rings (SSSR count). The van der Waals surface area contributed by atoms with Crippen LogP contribution in [0.2, 0.25) is 0 Å². The fraction of sp³-hybridized carbons (Fsp3) is 0.300. The number of nitrogens with zero attached hydrogens (tertiary/aromatic N) is 2. The van der Waals surface area contributed by atoms with Crippen LogP contribution in [0.5, 0.6) is 5.75 Å². The molecule has 0 fully saturated rings. The lowest BCUT2D eigenvalue weighted by atomic mass is 10.1. The quantitative estimate of drug-likeness (QED) is 0.785. The number of nitrogens with one attached hydrogen (secondary N) is 1. The van der Waals surface area contributed by atoms with E-state index in [1.807, 2.05) is 18.2 Å². The highest BCUT2D eigenvalue weighted by atomic mass is 16.5. The van der Waals surface area contributed by atoms with Crippen LogP contribution in [0.15, 0.2) is 42.5 Å². The van der Waals surface area contributed by atoms with Crippen molar-refractivity contribution in [3.8, 4) is 5.75 Å². The van der Waals surface area contributed by atoms with Gasteiger partial charge in [0.2, 0.25) is 0 Å². The topological polar surface area (TPSA) is 65.4 Å². The van der Waals surface area contributed by atoms with Gasteiger partial charge in [0.1, 0.15) is 18.2 Å². The molecule has 0 saturated heterocycles. The van der Waals surface area contributed by atoms with Crippen molar-refractivity contribution in [3.05, 3.63) is 59.4 Å². The summed E-state index contributed by atoms with van der Waals surface area (Å²) in [6.07, 6.45) is 0. The number of rotatable bonds is 4. The first kappa shape index (κ1) is 16.6. The van der Waals surface area contributed by atoms with E-state index in [1.165, 1.54) is 0 Å². The lowest BCUT2D eigenvalue weighted by Gasteiger charge is -2.26. The first-order chi connectivity index (χ1) is 12.7. The Labute approximate surface area is 151 Å². The number of hydrogen-bond acceptors (Lipinski definition) is 4. The molecule has 0 spiro atoms. The molecule has 1 aliphatic rings. The van der Waals surface area contributed by atoms with Crippen molar-refractivity contribution in [2.45, 2.75) is 19.6 Å². The number of carbonyl (C=O) groups is 1. The largest absolute Gasteiger partial charge is 0.496 e. The van der Waals surface area contributed by atoms with E-state index in [2.05, 4.69) is 28.9 Å². The minimum Gasteiger partial charge on any atom is -0.496 e. The van der Waals surface area contributed by atoms with Crippen molar-refractivity contribution in [1.29, 1.82) is 0 Å². The van der Waals surface area contributed by atoms with Crippen LogP contribution in [0.25, 0.3) is 11.0 Å². The van der Waals surface area contributed by atoms with Crippen LogP contribution in [0.3, 0.4) is 0 Å². The van der Waals surface area contributed by atoms with Crippen LogP contribution in [-0.2, 0) is 11.3 Å². The highest BCUT2D eigenvalue weighted by Crippen LogP contribution is 2.27. The number of methoxy groups -OCH3 is 1. The molecule has 1 aliphatic heterocycles. The minimum atomic E-state index is -0.157. The van der Waals surface area contributed by atoms with Gasteiger partial charge in [-0.1, -0.05) is 24.3 Å². The molecule has 0 radical (unpaired) electrons. The van der Waals surface area contributed by atoms with E-state index < -0.39 is 0 Å². The zero-order chi connectivity index (χ0) is 18.1. The predicted octanol–water partition coefficient (Wildman–Crippen LogP) is 2.85. The van der Waals surface area contributed by atoms with Gasteiger partial charge in [-0.15, -0.1) is 0 Å². The van der Waals surface area contributed by atoms with Gasteiger partial charge in [-0.2, -0.15) is 0 Å². The van der Waals surface area contributed by atoms with Crippen LogP contribution in [0.4, 0.5) is 0 Å². The second-order valence-electron chi connectivity index (χ2n) is 6.42. The highest BCUT2D eigenvalue weighted by Gasteiger charge is 2.25. The molecule has 6 nitrogen and oxygen atoms in total. The van der Waals surface area contributed by atoms with Gasteiger partial charge in [-0.05, 0) is 30.7 Å². The van der Waals surface area contributed by atoms with Gasteiger partial charge in [-0.25, -0.2) is 4.98 Å². The van der Waals surface area contributed by atoms with Crippen LogP contribution in [0.1, 0.15) is 27.8 Å². The Balaban J connectivity index is 1.58. The third kappa shape index (κ3) is 2.82. The zero-order valence-corrected chi connectivity index (χ0v) is 14.9. The lowest BCUT2D eigenvalue weighted by molar-refractivity contribution is 0.0553. The van der Waals surface area contributed by atoms with Crippen LogP contribution in [-0.4, -0.2) is 35.7 Å². The first-order valence-electron chi connectivity index (χ1n) is 8.64. The zero-order valence-electron chi connectivity index (χ0n) is 14.9. The van der Waals surface area contributed by atoms with Crippen molar-refractivity contribution in [3.63, 3.8) is 0 Å². The number of amides is 1. The monoisotopic (exact) mass is 351 g/mol. The molecule has 26 heavy (non-hydrogen) atoms. The minimum absolute atomic E-state index is 0.00390. The number of aryl methyl sites for hydroxylation is 1. The van der Waals surface area contributed by atoms with Crippen molar-refractivity contribution < 1.29 is 14.3 Å². The van der Waals surface area contributed by atoms with E-state index in [4.69, 9.17) is 14.5 Å². The summed E-state index contributed by atoms with van der Waals surface area (Å²) in [6.45, 7) is 3.55. The maximum absolute atomic E-state index is 12.6. The SMILES string of the molecule is COc1ccccc1C(=O)NC[C@H]1COCc2nc3c(C)cccc3n21. The molecular formula is C20H21N3O3. The van der Waals surface area contributed by atoms with Gasteiger partial charge in [0.05, 0.1) is 36.4 Å². The van der Waals surface area contributed by atoms with Crippen molar-refractivity contribution in [1.82, 2.24) is 14.9 Å². The molecule has 0 aliphatic carbocycles. The van der Waals surface area contributed by atoms with Crippen LogP contribution < -0.4 is 10.1 Å². The predicted molar refractivity (Wildman–Crippen MR) is 98.5 cm³/mol. The molecule has 2 heterocycles. The van der Waals surface area contributed by atoms with Gasteiger partial charge in [-0.3, -0.25) is 4.79 Å². The summed E-state index contributed by atoms with van der Waals surface area (Å²) in [6, 6.07) is 13.4. The molecule has 1 N–H and O–H groups in total. The van der Waals surface area contributed by atoms with E-state index >= 15 is 0 Å². The normalized spacial score (nSPS) is 16.3. The number of imidazole rings is 1. The number of carbonyl (C=O) groups excluding carboxylic acids is 1. The molecule has 3 aromatic rings. The fourth-order valence-electron chi connectivity index (χ4n) is 3.46. The molecule has 1 aromatic heterocycles. The molecule has 0 bridgehead atoms. The summed E-state index contributed by atoms with van der Waals surface area (Å²) in [5, 5.41) is 3.01. The van der Waals surface area contributed by atoms with Crippen molar-refractivity contribution >= 4 is 16.9 Å².